The fourth-order valence-electron chi connectivity index (χ4n) is 3.19. The highest BCUT2D eigenvalue weighted by molar-refractivity contribution is 6.77. The van der Waals surface area contributed by atoms with Crippen LogP contribution in [0.25, 0.3) is 0 Å². The Morgan fingerprint density at radius 1 is 0.857 bits per heavy atom. The number of hydrogen-bond donors (Lipinski definition) is 2. The van der Waals surface area contributed by atoms with E-state index in [4.69, 9.17) is 9.31 Å². The van der Waals surface area contributed by atoms with Gasteiger partial charge in [0.05, 0.1) is 18.7 Å². The van der Waals surface area contributed by atoms with Crippen molar-refractivity contribution in [1.82, 2.24) is 10.1 Å². The lowest BCUT2D eigenvalue weighted by Gasteiger charge is -2.25. The largest absolute Gasteiger partial charge is 0.636 e. The molecule has 2 aromatic rings. The second-order valence-corrected chi connectivity index (χ2v) is 6.75. The Balaban J connectivity index is 1.52. The van der Waals surface area contributed by atoms with Gasteiger partial charge < -0.3 is 19.8 Å². The topological polar surface area (TPSA) is 97.0 Å². The van der Waals surface area contributed by atoms with Crippen molar-refractivity contribution in [2.24, 2.45) is 0 Å². The van der Waals surface area contributed by atoms with Crippen molar-refractivity contribution in [2.75, 3.05) is 25.4 Å². The molecule has 2 aliphatic heterocycles. The lowest BCUT2D eigenvalue weighted by Crippen LogP contribution is -2.57. The average molecular weight is 377 g/mol. The summed E-state index contributed by atoms with van der Waals surface area (Å²) in [4.78, 5) is 37.6. The fourth-order valence-corrected chi connectivity index (χ4v) is 3.19. The highest BCUT2D eigenvalue weighted by Gasteiger charge is 2.34. The third kappa shape index (κ3) is 3.72. The van der Waals surface area contributed by atoms with E-state index in [2.05, 4.69) is 10.5 Å². The number of fused-ring (bicyclic) bond motifs is 1. The van der Waals surface area contributed by atoms with Crippen LogP contribution in [0, 0.1) is 0 Å². The van der Waals surface area contributed by atoms with E-state index in [-0.39, 0.29) is 19.0 Å². The van der Waals surface area contributed by atoms with Crippen molar-refractivity contribution in [1.29, 1.82) is 0 Å². The van der Waals surface area contributed by atoms with E-state index in [0.29, 0.717) is 11.0 Å². The molecule has 2 aromatic carbocycles. The standard InChI is InChI=1S/C18H17B2N3O5/c1-23-10-16(24)27-20(28-17(25)11-23)13-8-6-12(7-9-13)19-21-15-5-3-2-4-14(15)18(26)22-19/h2-9,21H,10-11H2,1H3,(H,22,26). The molecule has 0 aromatic heterocycles. The molecule has 8 nitrogen and oxygen atoms in total. The molecular weight excluding hydrogens is 360 g/mol. The second kappa shape index (κ2) is 7.40. The summed E-state index contributed by atoms with van der Waals surface area (Å²) in [5.41, 5.74) is 2.70. The minimum absolute atomic E-state index is 0.0150. The third-order valence-electron chi connectivity index (χ3n) is 4.56. The number of nitrogens with zero attached hydrogens (tertiary/aromatic N) is 1. The van der Waals surface area contributed by atoms with Gasteiger partial charge in [0.2, 0.25) is 5.91 Å². The Labute approximate surface area is 162 Å². The second-order valence-electron chi connectivity index (χ2n) is 6.75. The maximum atomic E-state index is 12.3. The number of carbonyl (C=O) groups is 3. The van der Waals surface area contributed by atoms with Crippen LogP contribution in [-0.2, 0) is 18.9 Å². The van der Waals surface area contributed by atoms with Gasteiger partial charge in [-0.2, -0.15) is 0 Å². The predicted octanol–water partition coefficient (Wildman–Crippen LogP) is -1.04. The van der Waals surface area contributed by atoms with E-state index < -0.39 is 26.0 Å². The molecule has 0 atom stereocenters. The number of hydrogen-bond acceptors (Lipinski definition) is 7. The van der Waals surface area contributed by atoms with E-state index in [0.717, 1.165) is 11.2 Å². The van der Waals surface area contributed by atoms with Crippen LogP contribution in [0.5, 0.6) is 0 Å². The van der Waals surface area contributed by atoms with Gasteiger partial charge in [-0.1, -0.05) is 36.4 Å². The van der Waals surface area contributed by atoms with E-state index in [1.165, 1.54) is 4.90 Å². The SMILES string of the molecule is CN1CC(=O)OB(c2ccc(B3NC(=O)c4ccccc4N3)cc2)OC(=O)C1. The molecule has 2 heterocycles. The molecule has 0 bridgehead atoms. The lowest BCUT2D eigenvalue weighted by molar-refractivity contribution is -0.145. The van der Waals surface area contributed by atoms with Gasteiger partial charge in [-0.15, -0.1) is 0 Å². The molecule has 140 valence electrons. The molecule has 4 rings (SSSR count). The predicted molar refractivity (Wildman–Crippen MR) is 104 cm³/mol. The van der Waals surface area contributed by atoms with Crippen LogP contribution in [0.3, 0.4) is 0 Å². The first-order chi connectivity index (χ1) is 13.5. The van der Waals surface area contributed by atoms with Crippen LogP contribution in [0.4, 0.5) is 5.69 Å². The van der Waals surface area contributed by atoms with Gasteiger partial charge in [0.15, 0.2) is 0 Å². The van der Waals surface area contributed by atoms with Crippen LogP contribution in [-0.4, -0.2) is 57.0 Å². The van der Waals surface area contributed by atoms with Crippen molar-refractivity contribution in [3.63, 3.8) is 0 Å². The highest BCUT2D eigenvalue weighted by atomic mass is 16.6. The Bertz CT molecular complexity index is 917. The van der Waals surface area contributed by atoms with E-state index in [1.807, 2.05) is 18.2 Å². The molecule has 2 aliphatic rings. The molecule has 28 heavy (non-hydrogen) atoms. The smallest absolute Gasteiger partial charge is 0.494 e. The summed E-state index contributed by atoms with van der Waals surface area (Å²) in [5, 5.41) is 6.17. The van der Waals surface area contributed by atoms with Gasteiger partial charge in [-0.05, 0) is 24.6 Å². The number of rotatable bonds is 2. The van der Waals surface area contributed by atoms with Gasteiger partial charge in [-0.3, -0.25) is 19.3 Å². The minimum Gasteiger partial charge on any atom is -0.494 e. The first kappa shape index (κ1) is 18.1. The summed E-state index contributed by atoms with van der Waals surface area (Å²) in [7, 11) is 0.554. The molecule has 0 saturated carbocycles. The molecule has 1 saturated heterocycles. The number of nitrogens with one attached hydrogen (secondary N) is 2. The summed E-state index contributed by atoms with van der Waals surface area (Å²) in [6.45, 7) is -0.366. The zero-order valence-electron chi connectivity index (χ0n) is 15.2. The van der Waals surface area contributed by atoms with Crippen molar-refractivity contribution < 1.29 is 23.7 Å². The van der Waals surface area contributed by atoms with Crippen LogP contribution < -0.4 is 21.4 Å². The van der Waals surface area contributed by atoms with E-state index >= 15 is 0 Å². The zero-order valence-corrected chi connectivity index (χ0v) is 15.2. The molecule has 0 unspecified atom stereocenters. The summed E-state index contributed by atoms with van der Waals surface area (Å²) >= 11 is 0. The van der Waals surface area contributed by atoms with Gasteiger partial charge in [0, 0.05) is 11.2 Å². The Morgan fingerprint density at radius 2 is 1.46 bits per heavy atom. The van der Waals surface area contributed by atoms with E-state index in [9.17, 15) is 14.4 Å². The molecule has 0 radical (unpaired) electrons. The van der Waals surface area contributed by atoms with Gasteiger partial charge >= 0.3 is 26.0 Å². The lowest BCUT2D eigenvalue weighted by atomic mass is 9.65. The van der Waals surface area contributed by atoms with Crippen LogP contribution in [0.15, 0.2) is 48.5 Å². The first-order valence-electron chi connectivity index (χ1n) is 8.83. The fraction of sp³-hybridized carbons (Fsp3) is 0.167. The van der Waals surface area contributed by atoms with Crippen molar-refractivity contribution >= 4 is 48.6 Å². The number of benzene rings is 2. The maximum Gasteiger partial charge on any atom is 0.636 e. The normalized spacial score (nSPS) is 17.5. The average Bonchev–Trinajstić information content (AvgIpc) is 2.66. The van der Waals surface area contributed by atoms with Gasteiger partial charge in [0.1, 0.15) is 0 Å². The zero-order chi connectivity index (χ0) is 19.7. The maximum absolute atomic E-state index is 12.3. The highest BCUT2D eigenvalue weighted by Crippen LogP contribution is 2.18. The molecule has 2 N–H and O–H groups in total. The van der Waals surface area contributed by atoms with E-state index in [1.54, 1.807) is 37.4 Å². The quantitative estimate of drug-likeness (QED) is 0.646. The number of anilines is 1. The monoisotopic (exact) mass is 377 g/mol. The number of likely N-dealkylation sites (N-methyl/N-ethyl adjacent to an activating group) is 1. The first-order valence-corrected chi connectivity index (χ1v) is 8.83. The van der Waals surface area contributed by atoms with Gasteiger partial charge in [-0.25, -0.2) is 0 Å². The molecule has 0 aliphatic carbocycles. The Hall–Kier alpha value is -3.26. The van der Waals surface area contributed by atoms with Crippen molar-refractivity contribution in [3.8, 4) is 0 Å². The number of para-hydroxylation sites is 1. The molecular formula is C18H17B2N3O5. The molecule has 0 spiro atoms. The molecule has 10 heteroatoms. The number of carbonyl (C=O) groups excluding carboxylic acids is 3. The Kier molecular flexibility index (Phi) is 4.79. The summed E-state index contributed by atoms with van der Waals surface area (Å²) < 4.78 is 10.5. The van der Waals surface area contributed by atoms with Gasteiger partial charge in [0.25, 0.3) is 0 Å². The summed E-state index contributed by atoms with van der Waals surface area (Å²) in [6, 6.07) is 14.3. The van der Waals surface area contributed by atoms with Crippen LogP contribution in [0.1, 0.15) is 10.4 Å². The van der Waals surface area contributed by atoms with Crippen LogP contribution in [0.2, 0.25) is 0 Å². The molecule has 1 amide bonds. The Morgan fingerprint density at radius 3 is 2.14 bits per heavy atom. The van der Waals surface area contributed by atoms with Crippen molar-refractivity contribution in [2.45, 2.75) is 0 Å². The third-order valence-corrected chi connectivity index (χ3v) is 4.56. The van der Waals surface area contributed by atoms with Crippen LogP contribution >= 0.6 is 0 Å². The van der Waals surface area contributed by atoms with Crippen molar-refractivity contribution in [3.05, 3.63) is 54.1 Å². The molecule has 1 fully saturated rings. The number of amides is 1. The summed E-state index contributed by atoms with van der Waals surface area (Å²) in [6.07, 6.45) is 0. The summed E-state index contributed by atoms with van der Waals surface area (Å²) in [5.74, 6) is -1.10. The minimum atomic E-state index is -1.09.